The number of amides is 1. The molecule has 3 rings (SSSR count). The van der Waals surface area contributed by atoms with Crippen molar-refractivity contribution in [2.75, 3.05) is 5.32 Å². The predicted molar refractivity (Wildman–Crippen MR) is 144 cm³/mol. The normalized spacial score (nSPS) is 20.1. The maximum absolute atomic E-state index is 13.5. The minimum Gasteiger partial charge on any atom is -0.324 e. The van der Waals surface area contributed by atoms with Crippen LogP contribution in [0.4, 0.5) is 5.69 Å². The summed E-state index contributed by atoms with van der Waals surface area (Å²) in [7, 11) is 0. The number of thioether (sulfide) groups is 1. The molecule has 1 aromatic heterocycles. The Morgan fingerprint density at radius 2 is 1.36 bits per heavy atom. The van der Waals surface area contributed by atoms with Gasteiger partial charge in [-0.25, -0.2) is 4.98 Å². The van der Waals surface area contributed by atoms with Crippen LogP contribution in [-0.4, -0.2) is 10.9 Å². The van der Waals surface area contributed by atoms with Gasteiger partial charge in [0.2, 0.25) is 5.91 Å². The van der Waals surface area contributed by atoms with Gasteiger partial charge in [0.1, 0.15) is 5.03 Å². The SMILES string of the molecule is C=CSc1ncc(NC(=O)C2CCCCCCCCC2)c(C2CCCCCCCC2)c1C=C. The standard InChI is InChI=1S/C29H44N2OS/c1-3-25-27(23-18-14-10-8-9-11-15-19-23)26(22-30-29(25)33-4-2)31-28(32)24-20-16-12-6-5-7-13-17-21-24/h3-4,22-24H,1-2,5-21H2,(H,31,32). The van der Waals surface area contributed by atoms with E-state index in [1.807, 2.05) is 17.7 Å². The molecule has 0 spiro atoms. The second-order valence-electron chi connectivity index (χ2n) is 9.93. The molecule has 0 aliphatic heterocycles. The van der Waals surface area contributed by atoms with Crippen molar-refractivity contribution in [3.8, 4) is 0 Å². The molecule has 4 heteroatoms. The monoisotopic (exact) mass is 468 g/mol. The van der Waals surface area contributed by atoms with Gasteiger partial charge in [0.25, 0.3) is 0 Å². The molecule has 1 amide bonds. The highest BCUT2D eigenvalue weighted by Gasteiger charge is 2.25. The number of nitrogens with zero attached hydrogens (tertiary/aromatic N) is 1. The van der Waals surface area contributed by atoms with Gasteiger partial charge in [-0.15, -0.1) is 0 Å². The minimum atomic E-state index is 0.117. The van der Waals surface area contributed by atoms with Crippen LogP contribution in [0.5, 0.6) is 0 Å². The molecule has 182 valence electrons. The topological polar surface area (TPSA) is 42.0 Å². The Morgan fingerprint density at radius 3 is 1.88 bits per heavy atom. The van der Waals surface area contributed by atoms with E-state index in [0.717, 1.165) is 29.1 Å². The summed E-state index contributed by atoms with van der Waals surface area (Å²) < 4.78 is 0. The van der Waals surface area contributed by atoms with Crippen molar-refractivity contribution < 1.29 is 4.79 Å². The lowest BCUT2D eigenvalue weighted by Gasteiger charge is -2.25. The Labute approximate surface area is 206 Å². The lowest BCUT2D eigenvalue weighted by atomic mass is 9.86. The molecular formula is C29H44N2OS. The van der Waals surface area contributed by atoms with Gasteiger partial charge in [-0.3, -0.25) is 4.79 Å². The number of pyridine rings is 1. The van der Waals surface area contributed by atoms with Gasteiger partial charge in [0.05, 0.1) is 11.9 Å². The predicted octanol–water partition coefficient (Wildman–Crippen LogP) is 9.26. The van der Waals surface area contributed by atoms with Gasteiger partial charge in [-0.05, 0) is 42.6 Å². The van der Waals surface area contributed by atoms with Gasteiger partial charge in [0.15, 0.2) is 0 Å². The molecule has 0 aromatic carbocycles. The molecule has 0 radical (unpaired) electrons. The van der Waals surface area contributed by atoms with E-state index in [1.54, 1.807) is 11.8 Å². The summed E-state index contributed by atoms with van der Waals surface area (Å²) >= 11 is 1.55. The number of carbonyl (C=O) groups excluding carboxylic acids is 1. The van der Waals surface area contributed by atoms with Crippen LogP contribution in [-0.2, 0) is 4.79 Å². The third-order valence-electron chi connectivity index (χ3n) is 7.52. The fourth-order valence-electron chi connectivity index (χ4n) is 5.66. The second-order valence-corrected chi connectivity index (χ2v) is 10.9. The fraction of sp³-hybridized carbons (Fsp3) is 0.655. The highest BCUT2D eigenvalue weighted by atomic mass is 32.2. The third kappa shape index (κ3) is 8.02. The Morgan fingerprint density at radius 1 is 0.848 bits per heavy atom. The molecule has 0 bridgehead atoms. The van der Waals surface area contributed by atoms with Crippen LogP contribution in [0.25, 0.3) is 6.08 Å². The highest BCUT2D eigenvalue weighted by molar-refractivity contribution is 8.02. The summed E-state index contributed by atoms with van der Waals surface area (Å²) in [4.78, 5) is 18.2. The molecule has 2 saturated carbocycles. The van der Waals surface area contributed by atoms with E-state index in [-0.39, 0.29) is 11.8 Å². The van der Waals surface area contributed by atoms with Crippen LogP contribution in [0.3, 0.4) is 0 Å². The second kappa shape index (κ2) is 14.7. The van der Waals surface area contributed by atoms with Crippen LogP contribution in [0.2, 0.25) is 0 Å². The van der Waals surface area contributed by atoms with Crippen molar-refractivity contribution >= 4 is 29.4 Å². The van der Waals surface area contributed by atoms with Crippen molar-refractivity contribution in [1.29, 1.82) is 0 Å². The van der Waals surface area contributed by atoms with E-state index < -0.39 is 0 Å². The minimum absolute atomic E-state index is 0.117. The molecule has 2 aliphatic carbocycles. The van der Waals surface area contributed by atoms with Gasteiger partial charge in [-0.1, -0.05) is 114 Å². The van der Waals surface area contributed by atoms with Crippen molar-refractivity contribution in [2.24, 2.45) is 5.92 Å². The van der Waals surface area contributed by atoms with Crippen LogP contribution in [0, 0.1) is 5.92 Å². The number of rotatable bonds is 6. The van der Waals surface area contributed by atoms with Gasteiger partial charge >= 0.3 is 0 Å². The smallest absolute Gasteiger partial charge is 0.227 e. The van der Waals surface area contributed by atoms with Crippen LogP contribution < -0.4 is 5.32 Å². The Balaban J connectivity index is 1.87. The molecule has 2 aliphatic rings. The van der Waals surface area contributed by atoms with E-state index in [4.69, 9.17) is 4.98 Å². The molecule has 3 nitrogen and oxygen atoms in total. The van der Waals surface area contributed by atoms with Crippen molar-refractivity contribution in [3.05, 3.63) is 35.9 Å². The summed E-state index contributed by atoms with van der Waals surface area (Å²) in [6.07, 6.45) is 24.9. The number of aromatic nitrogens is 1. The van der Waals surface area contributed by atoms with E-state index in [1.165, 1.54) is 102 Å². The van der Waals surface area contributed by atoms with Crippen LogP contribution >= 0.6 is 11.8 Å². The fourth-order valence-corrected chi connectivity index (χ4v) is 6.25. The first-order valence-corrected chi connectivity index (χ1v) is 14.4. The molecule has 0 saturated heterocycles. The first kappa shape index (κ1) is 26.1. The zero-order valence-electron chi connectivity index (χ0n) is 20.6. The Hall–Kier alpha value is -1.55. The Kier molecular flexibility index (Phi) is 11.6. The number of anilines is 1. The van der Waals surface area contributed by atoms with Gasteiger partial charge < -0.3 is 5.32 Å². The Bertz CT molecular complexity index is 755. The molecule has 2 fully saturated rings. The molecule has 33 heavy (non-hydrogen) atoms. The van der Waals surface area contributed by atoms with Gasteiger partial charge in [-0.2, -0.15) is 0 Å². The van der Waals surface area contributed by atoms with Gasteiger partial charge in [0, 0.05) is 11.5 Å². The van der Waals surface area contributed by atoms with E-state index in [9.17, 15) is 4.79 Å². The molecular weight excluding hydrogens is 424 g/mol. The van der Waals surface area contributed by atoms with Crippen molar-refractivity contribution in [3.63, 3.8) is 0 Å². The van der Waals surface area contributed by atoms with Crippen molar-refractivity contribution in [2.45, 2.75) is 120 Å². The maximum atomic E-state index is 13.5. The quantitative estimate of drug-likeness (QED) is 0.423. The molecule has 1 N–H and O–H groups in total. The first-order chi connectivity index (χ1) is 16.2. The summed E-state index contributed by atoms with van der Waals surface area (Å²) in [6, 6.07) is 0. The molecule has 1 aromatic rings. The van der Waals surface area contributed by atoms with Crippen LogP contribution in [0.15, 0.2) is 29.8 Å². The summed E-state index contributed by atoms with van der Waals surface area (Å²) in [6.45, 7) is 8.04. The van der Waals surface area contributed by atoms with E-state index >= 15 is 0 Å². The third-order valence-corrected chi connectivity index (χ3v) is 8.23. The lowest BCUT2D eigenvalue weighted by molar-refractivity contribution is -0.120. The average molecular weight is 469 g/mol. The van der Waals surface area contributed by atoms with E-state index in [0.29, 0.717) is 5.92 Å². The zero-order chi connectivity index (χ0) is 23.3. The van der Waals surface area contributed by atoms with Crippen LogP contribution in [0.1, 0.15) is 126 Å². The molecule has 0 atom stereocenters. The van der Waals surface area contributed by atoms with E-state index in [2.05, 4.69) is 18.5 Å². The highest BCUT2D eigenvalue weighted by Crippen LogP contribution is 2.40. The summed E-state index contributed by atoms with van der Waals surface area (Å²) in [5.41, 5.74) is 3.28. The molecule has 0 unspecified atom stereocenters. The lowest BCUT2D eigenvalue weighted by Crippen LogP contribution is -2.24. The zero-order valence-corrected chi connectivity index (χ0v) is 21.4. The first-order valence-electron chi connectivity index (χ1n) is 13.5. The number of hydrogen-bond acceptors (Lipinski definition) is 3. The number of nitrogens with one attached hydrogen (secondary N) is 1. The van der Waals surface area contributed by atoms with Crippen molar-refractivity contribution in [1.82, 2.24) is 4.98 Å². The number of hydrogen-bond donors (Lipinski definition) is 1. The summed E-state index contributed by atoms with van der Waals surface area (Å²) in [5, 5.41) is 6.16. The number of carbonyl (C=O) groups is 1. The largest absolute Gasteiger partial charge is 0.324 e. The molecule has 1 heterocycles. The average Bonchev–Trinajstić information content (AvgIpc) is 2.97. The summed E-state index contributed by atoms with van der Waals surface area (Å²) in [5.74, 6) is 0.759. The maximum Gasteiger partial charge on any atom is 0.227 e.